The molecule has 7 heteroatoms. The number of hydrogen-bond acceptors (Lipinski definition) is 5. The van der Waals surface area contributed by atoms with E-state index in [9.17, 15) is 14.4 Å². The highest BCUT2D eigenvalue weighted by Crippen LogP contribution is 2.61. The van der Waals surface area contributed by atoms with Crippen molar-refractivity contribution >= 4 is 17.8 Å². The van der Waals surface area contributed by atoms with E-state index >= 15 is 0 Å². The van der Waals surface area contributed by atoms with Gasteiger partial charge < -0.3 is 15.0 Å². The molecule has 0 radical (unpaired) electrons. The molecular formula is C27H37N3O4. The van der Waals surface area contributed by atoms with Crippen LogP contribution in [-0.2, 0) is 20.9 Å². The van der Waals surface area contributed by atoms with E-state index in [1.165, 1.54) is 45.6 Å². The Hall–Kier alpha value is -2.41. The molecule has 0 atom stereocenters. The Balaban J connectivity index is 1.05. The molecule has 7 nitrogen and oxygen atoms in total. The van der Waals surface area contributed by atoms with Gasteiger partial charge in [-0.25, -0.2) is 4.79 Å². The van der Waals surface area contributed by atoms with Crippen molar-refractivity contribution in [2.75, 3.05) is 39.8 Å². The monoisotopic (exact) mass is 467 g/mol. The predicted octanol–water partition coefficient (Wildman–Crippen LogP) is 2.84. The van der Waals surface area contributed by atoms with Crippen molar-refractivity contribution in [3.05, 3.63) is 35.4 Å². The van der Waals surface area contributed by atoms with Gasteiger partial charge in [0.1, 0.15) is 0 Å². The summed E-state index contributed by atoms with van der Waals surface area (Å²) in [5, 5.41) is 2.94. The van der Waals surface area contributed by atoms with E-state index in [1.807, 2.05) is 23.1 Å². The van der Waals surface area contributed by atoms with Gasteiger partial charge in [-0.3, -0.25) is 14.5 Å². The number of nitrogens with one attached hydrogen (secondary N) is 1. The van der Waals surface area contributed by atoms with Crippen molar-refractivity contribution in [1.29, 1.82) is 0 Å². The van der Waals surface area contributed by atoms with Crippen LogP contribution in [0.5, 0.6) is 0 Å². The van der Waals surface area contributed by atoms with Crippen molar-refractivity contribution in [1.82, 2.24) is 15.1 Å². The molecule has 1 saturated heterocycles. The number of amides is 2. The minimum absolute atomic E-state index is 0.00574. The van der Waals surface area contributed by atoms with Crippen molar-refractivity contribution < 1.29 is 19.1 Å². The molecule has 4 aliphatic carbocycles. The second kappa shape index (κ2) is 9.68. The topological polar surface area (TPSA) is 79.0 Å². The van der Waals surface area contributed by atoms with Gasteiger partial charge in [-0.2, -0.15) is 0 Å². The van der Waals surface area contributed by atoms with E-state index in [0.717, 1.165) is 43.0 Å². The molecule has 184 valence electrons. The summed E-state index contributed by atoms with van der Waals surface area (Å²) in [6.45, 7) is 3.69. The van der Waals surface area contributed by atoms with Gasteiger partial charge in [0, 0.05) is 39.1 Å². The number of esters is 1. The Labute approximate surface area is 202 Å². The van der Waals surface area contributed by atoms with E-state index in [-0.39, 0.29) is 29.7 Å². The Kier molecular flexibility index (Phi) is 6.65. The molecule has 4 saturated carbocycles. The first-order valence-electron chi connectivity index (χ1n) is 12.9. The highest BCUT2D eigenvalue weighted by molar-refractivity contribution is 5.89. The van der Waals surface area contributed by atoms with Gasteiger partial charge in [0.15, 0.2) is 0 Å². The van der Waals surface area contributed by atoms with Crippen LogP contribution in [0.4, 0.5) is 0 Å². The summed E-state index contributed by atoms with van der Waals surface area (Å²) in [7, 11) is 1.39. The molecule has 1 heterocycles. The molecule has 0 aromatic heterocycles. The second-order valence-corrected chi connectivity index (χ2v) is 11.2. The lowest BCUT2D eigenvalue weighted by molar-refractivity contribution is -0.136. The Morgan fingerprint density at radius 2 is 1.65 bits per heavy atom. The van der Waals surface area contributed by atoms with E-state index in [0.29, 0.717) is 25.1 Å². The highest BCUT2D eigenvalue weighted by Gasteiger charge is 2.51. The zero-order valence-electron chi connectivity index (χ0n) is 20.3. The second-order valence-electron chi connectivity index (χ2n) is 11.2. The molecular weight excluding hydrogens is 430 g/mol. The minimum atomic E-state index is -0.331. The van der Waals surface area contributed by atoms with Crippen molar-refractivity contribution in [3.8, 4) is 0 Å². The maximum atomic E-state index is 12.7. The summed E-state index contributed by atoms with van der Waals surface area (Å²) in [6.07, 6.45) is 8.37. The van der Waals surface area contributed by atoms with Crippen LogP contribution in [0.1, 0.15) is 60.9 Å². The van der Waals surface area contributed by atoms with Crippen LogP contribution in [0.15, 0.2) is 24.3 Å². The Bertz CT molecular complexity index is 902. The van der Waals surface area contributed by atoms with Crippen LogP contribution >= 0.6 is 0 Å². The molecule has 0 unspecified atom stereocenters. The lowest BCUT2D eigenvalue weighted by Gasteiger charge is -2.56. The summed E-state index contributed by atoms with van der Waals surface area (Å²) in [4.78, 5) is 41.4. The summed E-state index contributed by atoms with van der Waals surface area (Å²) in [5.41, 5.74) is 1.82. The number of hydrogen-bond donors (Lipinski definition) is 1. The largest absolute Gasteiger partial charge is 0.465 e. The van der Waals surface area contributed by atoms with Crippen molar-refractivity contribution in [2.45, 2.75) is 51.5 Å². The number of carbonyl (C=O) groups excluding carboxylic acids is 3. The van der Waals surface area contributed by atoms with Crippen LogP contribution in [0, 0.1) is 23.2 Å². The number of methoxy groups -OCH3 is 1. The average molecular weight is 468 g/mol. The highest BCUT2D eigenvalue weighted by atomic mass is 16.5. The summed E-state index contributed by atoms with van der Waals surface area (Å²) >= 11 is 0. The smallest absolute Gasteiger partial charge is 0.337 e. The summed E-state index contributed by atoms with van der Waals surface area (Å²) < 4.78 is 4.80. The fourth-order valence-electron chi connectivity index (χ4n) is 7.52. The molecule has 34 heavy (non-hydrogen) atoms. The van der Waals surface area contributed by atoms with Crippen LogP contribution in [0.25, 0.3) is 0 Å². The van der Waals surface area contributed by atoms with Crippen LogP contribution in [-0.4, -0.2) is 67.4 Å². The third kappa shape index (κ3) is 5.14. The first-order chi connectivity index (χ1) is 16.4. The average Bonchev–Trinajstić information content (AvgIpc) is 2.81. The number of carbonyl (C=O) groups is 3. The summed E-state index contributed by atoms with van der Waals surface area (Å²) in [5.74, 6) is 2.23. The lowest BCUT2D eigenvalue weighted by atomic mass is 9.49. The van der Waals surface area contributed by atoms with Crippen molar-refractivity contribution in [3.63, 3.8) is 0 Å². The Morgan fingerprint density at radius 1 is 1.00 bits per heavy atom. The van der Waals surface area contributed by atoms with E-state index in [2.05, 4.69) is 10.2 Å². The van der Waals surface area contributed by atoms with Gasteiger partial charge in [-0.15, -0.1) is 0 Å². The molecule has 4 bridgehead atoms. The molecule has 1 N–H and O–H groups in total. The SMILES string of the molecule is COC(=O)c1cccc(CN2CCN(C(=O)CNC(=O)CC34CC5CC(CC(C5)C3)C4)CC2)c1. The fourth-order valence-corrected chi connectivity index (χ4v) is 7.52. The van der Waals surface area contributed by atoms with Gasteiger partial charge in [0.05, 0.1) is 19.2 Å². The number of ether oxygens (including phenoxy) is 1. The first-order valence-corrected chi connectivity index (χ1v) is 12.9. The van der Waals surface area contributed by atoms with Gasteiger partial charge in [0.25, 0.3) is 0 Å². The third-order valence-electron chi connectivity index (χ3n) is 8.62. The molecule has 0 spiro atoms. The van der Waals surface area contributed by atoms with Gasteiger partial charge >= 0.3 is 5.97 Å². The molecule has 5 aliphatic rings. The van der Waals surface area contributed by atoms with Crippen molar-refractivity contribution in [2.24, 2.45) is 23.2 Å². The maximum Gasteiger partial charge on any atom is 0.337 e. The van der Waals surface area contributed by atoms with Crippen LogP contribution in [0.2, 0.25) is 0 Å². The third-order valence-corrected chi connectivity index (χ3v) is 8.62. The summed E-state index contributed by atoms with van der Waals surface area (Å²) in [6, 6.07) is 7.49. The normalized spacial score (nSPS) is 30.3. The molecule has 1 aromatic carbocycles. The quantitative estimate of drug-likeness (QED) is 0.624. The molecule has 1 aromatic rings. The number of piperazine rings is 1. The zero-order valence-corrected chi connectivity index (χ0v) is 20.3. The maximum absolute atomic E-state index is 12.7. The van der Waals surface area contributed by atoms with Gasteiger partial charge in [0.2, 0.25) is 11.8 Å². The lowest BCUT2D eigenvalue weighted by Crippen LogP contribution is -2.51. The molecule has 5 fully saturated rings. The predicted molar refractivity (Wildman–Crippen MR) is 128 cm³/mol. The molecule has 1 aliphatic heterocycles. The minimum Gasteiger partial charge on any atom is -0.465 e. The number of benzene rings is 1. The Morgan fingerprint density at radius 3 is 2.26 bits per heavy atom. The van der Waals surface area contributed by atoms with Crippen LogP contribution in [0.3, 0.4) is 0 Å². The van der Waals surface area contributed by atoms with Gasteiger partial charge in [-0.1, -0.05) is 12.1 Å². The molecule has 2 amide bonds. The van der Waals surface area contributed by atoms with E-state index in [4.69, 9.17) is 4.74 Å². The van der Waals surface area contributed by atoms with Crippen LogP contribution < -0.4 is 5.32 Å². The molecule has 6 rings (SSSR count). The first kappa shape index (κ1) is 23.3. The standard InChI is InChI=1S/C27H37N3O4/c1-34-26(33)23-4-2-3-19(12-23)18-29-5-7-30(8-6-29)25(32)17-28-24(31)16-27-13-20-9-21(14-27)11-22(10-20)15-27/h2-4,12,20-22H,5-11,13-18H2,1H3,(H,28,31). The van der Waals surface area contributed by atoms with E-state index < -0.39 is 0 Å². The van der Waals surface area contributed by atoms with Gasteiger partial charge in [-0.05, 0) is 79.4 Å². The zero-order chi connectivity index (χ0) is 23.7. The fraction of sp³-hybridized carbons (Fsp3) is 0.667. The van der Waals surface area contributed by atoms with E-state index in [1.54, 1.807) is 6.07 Å². The number of rotatable bonds is 7. The number of nitrogens with zero attached hydrogens (tertiary/aromatic N) is 2.